The normalized spacial score (nSPS) is 13.7. The van der Waals surface area contributed by atoms with Gasteiger partial charge in [-0.3, -0.25) is 0 Å². The molecule has 2 heteroatoms. The molecule has 65 heavy (non-hydrogen) atoms. The molecule has 2 aromatic heterocycles. The molecule has 3 aliphatic carbocycles. The van der Waals surface area contributed by atoms with Gasteiger partial charge < -0.3 is 4.42 Å². The van der Waals surface area contributed by atoms with Gasteiger partial charge in [0.1, 0.15) is 11.2 Å². The fraction of sp³-hybridized carbons (Fsp3) is 0.143. The van der Waals surface area contributed by atoms with E-state index in [1.54, 1.807) is 11.6 Å². The van der Waals surface area contributed by atoms with Crippen molar-refractivity contribution in [3.05, 3.63) is 233 Å². The largest absolute Gasteiger partial charge is 0.455 e. The Balaban J connectivity index is 0.000000148. The highest BCUT2D eigenvalue weighted by Gasteiger charge is 2.36. The van der Waals surface area contributed by atoms with Crippen molar-refractivity contribution >= 4 is 49.4 Å². The van der Waals surface area contributed by atoms with Crippen molar-refractivity contribution in [2.75, 3.05) is 0 Å². The molecule has 3 aliphatic rings. The summed E-state index contributed by atoms with van der Waals surface area (Å²) in [5.41, 5.74) is 19.0. The summed E-state index contributed by atoms with van der Waals surface area (Å²) in [7, 11) is 0. The SMILES string of the molecule is C1=CC=CCC=C1.C=CC.Cc1ccc(-c2ccc3c(c2)-c2ccc(-c4cccc5c4oc4ccccc45)cc2C3(C)C)cc1.Cc1ccc(-c2cccc3c4c(sc23)C=CCC4)cc1. The Kier molecular flexibility index (Phi) is 12.6. The number of furan rings is 1. The lowest BCUT2D eigenvalue weighted by Gasteiger charge is -2.22. The summed E-state index contributed by atoms with van der Waals surface area (Å²) in [6.07, 6.45) is 22.2. The summed E-state index contributed by atoms with van der Waals surface area (Å²) in [4.78, 5) is 1.45. The maximum absolute atomic E-state index is 6.34. The minimum absolute atomic E-state index is 0.0613. The van der Waals surface area contributed by atoms with Crippen molar-refractivity contribution in [2.45, 2.75) is 59.3 Å². The molecule has 1 nitrogen and oxygen atoms in total. The van der Waals surface area contributed by atoms with E-state index < -0.39 is 0 Å². The summed E-state index contributed by atoms with van der Waals surface area (Å²) in [5, 5.41) is 3.79. The molecular formula is C63H56OS. The van der Waals surface area contributed by atoms with Gasteiger partial charge in [0.05, 0.1) is 0 Å². The molecule has 0 saturated carbocycles. The van der Waals surface area contributed by atoms with Crippen LogP contribution in [0, 0.1) is 13.8 Å². The average molecular weight is 861 g/mol. The Bertz CT molecular complexity index is 3270. The first-order chi connectivity index (χ1) is 31.7. The number of aryl methyl sites for hydroxylation is 3. The van der Waals surface area contributed by atoms with Crippen LogP contribution in [0.4, 0.5) is 0 Å². The van der Waals surface area contributed by atoms with Gasteiger partial charge in [-0.2, -0.15) is 0 Å². The standard InChI is InChI=1S/C34H26O.C19H16S.C7H8.C3H6/c1-21-11-13-22(14-12-21)23-16-18-30-29(19-23)26-17-15-24(20-31(26)34(30,2)3)25-8-6-9-28-27-7-4-5-10-32(27)35-33(25)28;1-13-9-11-14(12-10-13)15-6-4-7-17-16-5-2-3-8-18(16)20-19(15)17;1-2-4-6-7-5-3-1;1-3-2/h4-20H,1-3H3;3-4,6-12H,2,5H2,1H3;1-6H,7H2;3H,1H2,2H3. The Hall–Kier alpha value is -7.00. The van der Waals surface area contributed by atoms with E-state index in [9.17, 15) is 0 Å². The van der Waals surface area contributed by atoms with E-state index in [0.717, 1.165) is 23.2 Å². The number of hydrogen-bond acceptors (Lipinski definition) is 2. The zero-order valence-corrected chi connectivity index (χ0v) is 39.0. The molecule has 0 spiro atoms. The minimum Gasteiger partial charge on any atom is -0.455 e. The van der Waals surface area contributed by atoms with Crippen LogP contribution in [0.5, 0.6) is 0 Å². The van der Waals surface area contributed by atoms with Crippen LogP contribution in [0.25, 0.3) is 82.6 Å². The van der Waals surface area contributed by atoms with Gasteiger partial charge in [0.25, 0.3) is 0 Å². The predicted molar refractivity (Wildman–Crippen MR) is 284 cm³/mol. The van der Waals surface area contributed by atoms with E-state index in [2.05, 4.69) is 204 Å². The number of allylic oxidation sites excluding steroid dienone is 8. The maximum Gasteiger partial charge on any atom is 0.143 e. The van der Waals surface area contributed by atoms with Crippen LogP contribution < -0.4 is 0 Å². The van der Waals surface area contributed by atoms with Crippen molar-refractivity contribution in [1.29, 1.82) is 0 Å². The van der Waals surface area contributed by atoms with Crippen LogP contribution in [-0.4, -0.2) is 0 Å². The monoisotopic (exact) mass is 860 g/mol. The van der Waals surface area contributed by atoms with Gasteiger partial charge in [-0.1, -0.05) is 201 Å². The summed E-state index contributed by atoms with van der Waals surface area (Å²) >= 11 is 1.94. The van der Waals surface area contributed by atoms with Crippen LogP contribution in [0.15, 0.2) is 205 Å². The molecule has 0 fully saturated rings. The topological polar surface area (TPSA) is 13.1 Å². The molecule has 0 N–H and O–H groups in total. The molecule has 0 bridgehead atoms. The summed E-state index contributed by atoms with van der Waals surface area (Å²) in [5.74, 6) is 0. The highest BCUT2D eigenvalue weighted by molar-refractivity contribution is 7.20. The zero-order chi connectivity index (χ0) is 44.9. The van der Waals surface area contributed by atoms with Crippen LogP contribution >= 0.6 is 11.3 Å². The second-order valence-corrected chi connectivity index (χ2v) is 18.7. The molecule has 0 amide bonds. The summed E-state index contributed by atoms with van der Waals surface area (Å²) < 4.78 is 7.78. The van der Waals surface area contributed by atoms with Gasteiger partial charge in [-0.05, 0) is 125 Å². The molecular weight excluding hydrogens is 805 g/mol. The molecule has 0 radical (unpaired) electrons. The van der Waals surface area contributed by atoms with Gasteiger partial charge in [0.15, 0.2) is 0 Å². The highest BCUT2D eigenvalue weighted by atomic mass is 32.1. The molecule has 0 saturated heterocycles. The van der Waals surface area contributed by atoms with Crippen LogP contribution in [0.3, 0.4) is 0 Å². The molecule has 2 heterocycles. The number of para-hydroxylation sites is 2. The molecule has 0 atom stereocenters. The first-order valence-corrected chi connectivity index (χ1v) is 23.7. The molecule has 7 aromatic carbocycles. The third-order valence-electron chi connectivity index (χ3n) is 12.7. The lowest BCUT2D eigenvalue weighted by Crippen LogP contribution is -2.15. The minimum atomic E-state index is -0.0613. The number of fused-ring (bicyclic) bond motifs is 9. The van der Waals surface area contributed by atoms with Crippen LogP contribution in [0.2, 0.25) is 0 Å². The van der Waals surface area contributed by atoms with Crippen molar-refractivity contribution in [1.82, 2.24) is 0 Å². The molecule has 320 valence electrons. The first-order valence-electron chi connectivity index (χ1n) is 22.9. The third-order valence-corrected chi connectivity index (χ3v) is 13.9. The molecule has 0 aliphatic heterocycles. The second kappa shape index (κ2) is 19.0. The van der Waals surface area contributed by atoms with Crippen molar-refractivity contribution in [2.24, 2.45) is 0 Å². The van der Waals surface area contributed by atoms with Gasteiger partial charge in [-0.15, -0.1) is 17.9 Å². The van der Waals surface area contributed by atoms with Gasteiger partial charge in [-0.25, -0.2) is 0 Å². The molecule has 0 unspecified atom stereocenters. The predicted octanol–water partition coefficient (Wildman–Crippen LogP) is 18.6. The Morgan fingerprint density at radius 2 is 1.18 bits per heavy atom. The van der Waals surface area contributed by atoms with E-state index >= 15 is 0 Å². The second-order valence-electron chi connectivity index (χ2n) is 17.6. The van der Waals surface area contributed by atoms with E-state index in [1.807, 2.05) is 42.5 Å². The Morgan fingerprint density at radius 3 is 1.92 bits per heavy atom. The third kappa shape index (κ3) is 8.80. The number of thiophene rings is 1. The zero-order valence-electron chi connectivity index (χ0n) is 38.2. The van der Waals surface area contributed by atoms with Gasteiger partial charge in [0, 0.05) is 31.3 Å². The molecule has 9 aromatic rings. The first kappa shape index (κ1) is 43.3. The van der Waals surface area contributed by atoms with E-state index in [0.29, 0.717) is 0 Å². The van der Waals surface area contributed by atoms with Gasteiger partial charge in [0.2, 0.25) is 0 Å². The van der Waals surface area contributed by atoms with Crippen molar-refractivity contribution in [3.63, 3.8) is 0 Å². The van der Waals surface area contributed by atoms with Crippen molar-refractivity contribution in [3.8, 4) is 44.5 Å². The maximum atomic E-state index is 6.34. The fourth-order valence-corrected chi connectivity index (χ4v) is 10.6. The average Bonchev–Trinajstić information content (AvgIpc) is 3.85. The highest BCUT2D eigenvalue weighted by Crippen LogP contribution is 2.51. The molecule has 12 rings (SSSR count). The van der Waals surface area contributed by atoms with Crippen molar-refractivity contribution < 1.29 is 4.42 Å². The number of hydrogen-bond donors (Lipinski definition) is 0. The summed E-state index contributed by atoms with van der Waals surface area (Å²) in [6.45, 7) is 14.2. The van der Waals surface area contributed by atoms with Gasteiger partial charge >= 0.3 is 0 Å². The number of rotatable bonds is 3. The lowest BCUT2D eigenvalue weighted by molar-refractivity contribution is 0.660. The summed E-state index contributed by atoms with van der Waals surface area (Å²) in [6, 6.07) is 53.1. The van der Waals surface area contributed by atoms with E-state index in [-0.39, 0.29) is 5.41 Å². The van der Waals surface area contributed by atoms with Crippen LogP contribution in [0.1, 0.15) is 66.3 Å². The quantitative estimate of drug-likeness (QED) is 0.161. The smallest absolute Gasteiger partial charge is 0.143 e. The lowest BCUT2D eigenvalue weighted by atomic mass is 9.81. The van der Waals surface area contributed by atoms with E-state index in [1.165, 1.54) is 99.8 Å². The van der Waals surface area contributed by atoms with Crippen LogP contribution in [-0.2, 0) is 11.8 Å². The fourth-order valence-electron chi connectivity index (χ4n) is 9.30. The van der Waals surface area contributed by atoms with E-state index in [4.69, 9.17) is 4.42 Å². The number of benzene rings is 7. The Labute approximate surface area is 389 Å². The Morgan fingerprint density at radius 1 is 0.554 bits per heavy atom.